The first-order valence-electron chi connectivity index (χ1n) is 6.57. The molecule has 18 heavy (non-hydrogen) atoms. The summed E-state index contributed by atoms with van der Waals surface area (Å²) in [5.74, 6) is 0. The molecule has 1 aromatic heterocycles. The summed E-state index contributed by atoms with van der Waals surface area (Å²) in [5, 5.41) is 10.3. The second-order valence-electron chi connectivity index (χ2n) is 4.92. The third kappa shape index (κ3) is 2.42. The van der Waals surface area contributed by atoms with Crippen molar-refractivity contribution in [3.8, 4) is 0 Å². The fourth-order valence-electron chi connectivity index (χ4n) is 2.42. The van der Waals surface area contributed by atoms with E-state index in [0.29, 0.717) is 6.54 Å². The van der Waals surface area contributed by atoms with Gasteiger partial charge in [0.15, 0.2) is 0 Å². The Kier molecular flexibility index (Phi) is 4.04. The van der Waals surface area contributed by atoms with Gasteiger partial charge in [0, 0.05) is 36.8 Å². The summed E-state index contributed by atoms with van der Waals surface area (Å²) < 4.78 is 2.23. The third-order valence-corrected chi connectivity index (χ3v) is 3.55. The first kappa shape index (κ1) is 13.1. The molecule has 0 spiro atoms. The second kappa shape index (κ2) is 5.55. The molecule has 0 unspecified atom stereocenters. The Balaban J connectivity index is 2.53. The smallest absolute Gasteiger partial charge is 0.0486 e. The van der Waals surface area contributed by atoms with E-state index in [2.05, 4.69) is 36.7 Å². The van der Waals surface area contributed by atoms with Crippen molar-refractivity contribution in [3.05, 3.63) is 35.0 Å². The van der Waals surface area contributed by atoms with Crippen LogP contribution in [0.15, 0.2) is 18.3 Å². The second-order valence-corrected chi connectivity index (χ2v) is 4.92. The normalized spacial score (nSPS) is 11.3. The Labute approximate surface area is 108 Å². The Morgan fingerprint density at radius 3 is 2.61 bits per heavy atom. The van der Waals surface area contributed by atoms with Crippen LogP contribution in [0.3, 0.4) is 0 Å². The molecular weight excluding hydrogens is 224 g/mol. The minimum atomic E-state index is 0.244. The van der Waals surface area contributed by atoms with E-state index in [1.807, 2.05) is 0 Å². The van der Waals surface area contributed by atoms with E-state index in [-0.39, 0.29) is 6.61 Å². The van der Waals surface area contributed by atoms with E-state index in [0.717, 1.165) is 19.4 Å². The Morgan fingerprint density at radius 2 is 1.94 bits per heavy atom. The number of hydrogen-bond acceptors (Lipinski definition) is 2. The Hall–Kier alpha value is -1.32. The largest absolute Gasteiger partial charge is 0.396 e. The molecule has 1 aromatic carbocycles. The van der Waals surface area contributed by atoms with Gasteiger partial charge in [0.25, 0.3) is 0 Å². The zero-order chi connectivity index (χ0) is 13.1. The van der Waals surface area contributed by atoms with Crippen LogP contribution in [0.2, 0.25) is 0 Å². The molecule has 0 amide bonds. The molecule has 3 nitrogen and oxygen atoms in total. The van der Waals surface area contributed by atoms with Gasteiger partial charge in [0.1, 0.15) is 0 Å². The van der Waals surface area contributed by atoms with Crippen molar-refractivity contribution >= 4 is 10.9 Å². The van der Waals surface area contributed by atoms with Crippen LogP contribution in [-0.4, -0.2) is 22.8 Å². The minimum absolute atomic E-state index is 0.244. The first-order valence-corrected chi connectivity index (χ1v) is 6.57. The van der Waals surface area contributed by atoms with Crippen molar-refractivity contribution in [1.29, 1.82) is 0 Å². The van der Waals surface area contributed by atoms with Gasteiger partial charge in [-0.2, -0.15) is 0 Å². The number of nitrogens with two attached hydrogens (primary N) is 1. The van der Waals surface area contributed by atoms with Crippen LogP contribution in [0.1, 0.15) is 23.1 Å². The van der Waals surface area contributed by atoms with E-state index in [1.165, 1.54) is 27.6 Å². The lowest BCUT2D eigenvalue weighted by Crippen LogP contribution is -2.08. The van der Waals surface area contributed by atoms with Crippen LogP contribution in [-0.2, 0) is 13.0 Å². The topological polar surface area (TPSA) is 51.2 Å². The lowest BCUT2D eigenvalue weighted by atomic mass is 10.0. The molecule has 0 saturated heterocycles. The maximum Gasteiger partial charge on any atom is 0.0486 e. The number of nitrogens with zero attached hydrogens (tertiary/aromatic N) is 1. The van der Waals surface area contributed by atoms with Gasteiger partial charge < -0.3 is 15.4 Å². The van der Waals surface area contributed by atoms with Crippen LogP contribution in [0.5, 0.6) is 0 Å². The van der Waals surface area contributed by atoms with Gasteiger partial charge in [-0.15, -0.1) is 0 Å². The van der Waals surface area contributed by atoms with Crippen LogP contribution >= 0.6 is 0 Å². The highest BCUT2D eigenvalue weighted by molar-refractivity contribution is 5.85. The number of aryl methyl sites for hydroxylation is 3. The van der Waals surface area contributed by atoms with E-state index >= 15 is 0 Å². The minimum Gasteiger partial charge on any atom is -0.396 e. The van der Waals surface area contributed by atoms with E-state index < -0.39 is 0 Å². The van der Waals surface area contributed by atoms with Gasteiger partial charge in [-0.05, 0) is 55.5 Å². The Morgan fingerprint density at radius 1 is 1.22 bits per heavy atom. The molecule has 0 aliphatic rings. The fourth-order valence-corrected chi connectivity index (χ4v) is 2.42. The van der Waals surface area contributed by atoms with Crippen molar-refractivity contribution in [2.24, 2.45) is 5.73 Å². The number of aliphatic hydroxyl groups excluding tert-OH is 1. The van der Waals surface area contributed by atoms with E-state index in [1.54, 1.807) is 0 Å². The maximum absolute atomic E-state index is 8.98. The number of aromatic nitrogens is 1. The zero-order valence-corrected chi connectivity index (χ0v) is 11.2. The number of hydrogen-bond donors (Lipinski definition) is 2. The first-order chi connectivity index (χ1) is 8.67. The predicted octanol–water partition coefficient (Wildman–Crippen LogP) is 2.14. The lowest BCUT2D eigenvalue weighted by Gasteiger charge is -2.05. The monoisotopic (exact) mass is 246 g/mol. The number of rotatable bonds is 5. The van der Waals surface area contributed by atoms with Crippen molar-refractivity contribution in [2.45, 2.75) is 33.2 Å². The number of benzene rings is 1. The van der Waals surface area contributed by atoms with Gasteiger partial charge in [0.05, 0.1) is 0 Å². The van der Waals surface area contributed by atoms with Crippen LogP contribution in [0.25, 0.3) is 10.9 Å². The number of fused-ring (bicyclic) bond motifs is 1. The van der Waals surface area contributed by atoms with Crippen LogP contribution in [0.4, 0.5) is 0 Å². The van der Waals surface area contributed by atoms with Crippen molar-refractivity contribution in [2.75, 3.05) is 13.2 Å². The molecule has 0 atom stereocenters. The fraction of sp³-hybridized carbons (Fsp3) is 0.467. The summed E-state index contributed by atoms with van der Waals surface area (Å²) >= 11 is 0. The van der Waals surface area contributed by atoms with Gasteiger partial charge in [0.2, 0.25) is 0 Å². The van der Waals surface area contributed by atoms with Gasteiger partial charge in [-0.1, -0.05) is 0 Å². The summed E-state index contributed by atoms with van der Waals surface area (Å²) in [6, 6.07) is 4.49. The molecule has 1 heterocycles. The quantitative estimate of drug-likeness (QED) is 0.849. The molecule has 0 radical (unpaired) electrons. The molecule has 0 fully saturated rings. The van der Waals surface area contributed by atoms with E-state index in [9.17, 15) is 0 Å². The molecule has 98 valence electrons. The highest BCUT2D eigenvalue weighted by Gasteiger charge is 2.09. The SMILES string of the molecule is Cc1cc2c(CCCO)cn(CCN)c2cc1C. The van der Waals surface area contributed by atoms with Gasteiger partial charge >= 0.3 is 0 Å². The standard InChI is InChI=1S/C15H22N2O/c1-11-8-14-13(4-3-7-18)10-17(6-5-16)15(14)9-12(11)2/h8-10,18H,3-7,16H2,1-2H3. The molecule has 0 bridgehead atoms. The number of aliphatic hydroxyl groups is 1. The molecule has 0 aliphatic carbocycles. The summed E-state index contributed by atoms with van der Waals surface area (Å²) in [6.07, 6.45) is 3.92. The molecule has 3 N–H and O–H groups in total. The zero-order valence-electron chi connectivity index (χ0n) is 11.2. The van der Waals surface area contributed by atoms with Gasteiger partial charge in [-0.25, -0.2) is 0 Å². The molecule has 0 saturated carbocycles. The summed E-state index contributed by atoms with van der Waals surface area (Å²) in [7, 11) is 0. The Bertz CT molecular complexity index is 543. The highest BCUT2D eigenvalue weighted by atomic mass is 16.2. The predicted molar refractivity (Wildman–Crippen MR) is 75.9 cm³/mol. The van der Waals surface area contributed by atoms with Crippen molar-refractivity contribution in [3.63, 3.8) is 0 Å². The lowest BCUT2D eigenvalue weighted by molar-refractivity contribution is 0.288. The third-order valence-electron chi connectivity index (χ3n) is 3.55. The van der Waals surface area contributed by atoms with Gasteiger partial charge in [-0.3, -0.25) is 0 Å². The van der Waals surface area contributed by atoms with Crippen LogP contribution in [0, 0.1) is 13.8 Å². The summed E-state index contributed by atoms with van der Waals surface area (Å²) in [5.41, 5.74) is 10.9. The summed E-state index contributed by atoms with van der Waals surface area (Å²) in [4.78, 5) is 0. The molecule has 2 aromatic rings. The molecular formula is C15H22N2O. The summed E-state index contributed by atoms with van der Waals surface area (Å²) in [6.45, 7) is 6.02. The average Bonchev–Trinajstić information content (AvgIpc) is 2.66. The van der Waals surface area contributed by atoms with E-state index in [4.69, 9.17) is 10.8 Å². The average molecular weight is 246 g/mol. The molecule has 0 aliphatic heterocycles. The molecule has 2 rings (SSSR count). The highest BCUT2D eigenvalue weighted by Crippen LogP contribution is 2.26. The van der Waals surface area contributed by atoms with Crippen LogP contribution < -0.4 is 5.73 Å². The van der Waals surface area contributed by atoms with Crippen molar-refractivity contribution in [1.82, 2.24) is 4.57 Å². The van der Waals surface area contributed by atoms with Crippen molar-refractivity contribution < 1.29 is 5.11 Å². The molecule has 3 heteroatoms. The maximum atomic E-state index is 8.98.